The van der Waals surface area contributed by atoms with Crippen molar-refractivity contribution >= 4 is 36.6 Å². The van der Waals surface area contributed by atoms with Crippen LogP contribution in [0.1, 0.15) is 33.9 Å². The summed E-state index contributed by atoms with van der Waals surface area (Å²) >= 11 is 0. The van der Waals surface area contributed by atoms with Crippen molar-refractivity contribution < 1.29 is 37.4 Å². The van der Waals surface area contributed by atoms with E-state index in [0.29, 0.717) is 11.3 Å². The first-order chi connectivity index (χ1) is 18.9. The fourth-order valence-corrected chi connectivity index (χ4v) is 5.66. The first-order valence-corrected chi connectivity index (χ1v) is 14.1. The van der Waals surface area contributed by atoms with Crippen molar-refractivity contribution in [2.24, 2.45) is 0 Å². The first kappa shape index (κ1) is 29.6. The molecule has 0 spiro atoms. The number of nitrogens with one attached hydrogen (secondary N) is 2. The van der Waals surface area contributed by atoms with Gasteiger partial charge in [-0.15, -0.1) is 0 Å². The van der Waals surface area contributed by atoms with Crippen LogP contribution in [0.3, 0.4) is 0 Å². The van der Waals surface area contributed by atoms with Crippen LogP contribution in [0, 0.1) is 0 Å². The molecule has 1 aliphatic rings. The zero-order valence-corrected chi connectivity index (χ0v) is 23.5. The van der Waals surface area contributed by atoms with Crippen molar-refractivity contribution in [3.8, 4) is 5.75 Å². The van der Waals surface area contributed by atoms with Crippen molar-refractivity contribution in [1.29, 1.82) is 0 Å². The lowest BCUT2D eigenvalue weighted by atomic mass is 9.99. The number of halogens is 1. The summed E-state index contributed by atoms with van der Waals surface area (Å²) in [4.78, 5) is 24.8. The van der Waals surface area contributed by atoms with E-state index in [1.807, 2.05) is 0 Å². The summed E-state index contributed by atoms with van der Waals surface area (Å²) in [6, 6.07) is 7.04. The number of fused-ring (bicyclic) bond motifs is 1. The minimum absolute atomic E-state index is 0.0752. The molecule has 0 aliphatic carbocycles. The SMILES string of the molecule is CNc1nc(N)nc2c1ncn2[C@@H]1O[C@](C)(CO[P@@](=O)(N[C@@H](C)C(=O)OC(C)C)Oc2ccccc2)[C@@H](O)[C@H]1F. The van der Waals surface area contributed by atoms with Gasteiger partial charge in [0, 0.05) is 7.05 Å². The number of benzene rings is 1. The molecule has 6 atom stereocenters. The van der Waals surface area contributed by atoms with Crippen LogP contribution in [0.5, 0.6) is 5.75 Å². The van der Waals surface area contributed by atoms with Gasteiger partial charge in [0.05, 0.1) is 19.0 Å². The summed E-state index contributed by atoms with van der Waals surface area (Å²) in [6.07, 6.45) is -4.16. The van der Waals surface area contributed by atoms with Crippen LogP contribution in [-0.2, 0) is 23.4 Å². The lowest BCUT2D eigenvalue weighted by Crippen LogP contribution is -2.44. The second-order valence-electron chi connectivity index (χ2n) is 9.73. The third-order valence-electron chi connectivity index (χ3n) is 6.09. The van der Waals surface area contributed by atoms with Crippen molar-refractivity contribution in [2.75, 3.05) is 24.7 Å². The maximum absolute atomic E-state index is 15.5. The molecule has 1 aliphatic heterocycles. The molecule has 16 heteroatoms. The molecule has 1 aromatic carbocycles. The van der Waals surface area contributed by atoms with Gasteiger partial charge < -0.3 is 30.2 Å². The van der Waals surface area contributed by atoms with E-state index in [2.05, 4.69) is 25.4 Å². The fourth-order valence-electron chi connectivity index (χ4n) is 4.07. The van der Waals surface area contributed by atoms with Crippen molar-refractivity contribution in [2.45, 2.75) is 63.9 Å². The number of anilines is 2. The van der Waals surface area contributed by atoms with Crippen LogP contribution in [0.25, 0.3) is 11.2 Å². The number of ether oxygens (including phenoxy) is 2. The van der Waals surface area contributed by atoms with E-state index in [9.17, 15) is 14.5 Å². The molecule has 0 radical (unpaired) electrons. The van der Waals surface area contributed by atoms with E-state index in [0.717, 1.165) is 0 Å². The Morgan fingerprint density at radius 2 is 2.00 bits per heavy atom. The van der Waals surface area contributed by atoms with Gasteiger partial charge in [-0.25, -0.2) is 13.9 Å². The standard InChI is InChI=1S/C24H33FN7O7P/c1-13(2)37-22(34)14(3)31-40(35,39-15-9-7-6-8-10-15)36-11-24(4)18(33)16(25)21(38-24)32-12-28-17-19(27-5)29-23(26)30-20(17)32/h6-10,12-14,16,18,21,33H,11H2,1-5H3,(H,31,35)(H3,26,27,29,30)/t14-,16+,18-,21+,24+,40-/m0/s1. The topological polar surface area (TPSA) is 185 Å². The molecule has 0 amide bonds. The van der Waals surface area contributed by atoms with Gasteiger partial charge in [-0.05, 0) is 39.8 Å². The molecule has 1 saturated heterocycles. The molecular formula is C24H33FN7O7P. The zero-order valence-electron chi connectivity index (χ0n) is 22.6. The van der Waals surface area contributed by atoms with Gasteiger partial charge in [-0.3, -0.25) is 13.9 Å². The second kappa shape index (κ2) is 11.6. The molecule has 4 rings (SSSR count). The first-order valence-electron chi connectivity index (χ1n) is 12.5. The molecular weight excluding hydrogens is 548 g/mol. The number of para-hydroxylation sites is 1. The lowest BCUT2D eigenvalue weighted by Gasteiger charge is -2.30. The quantitative estimate of drug-likeness (QED) is 0.191. The Morgan fingerprint density at radius 3 is 2.65 bits per heavy atom. The summed E-state index contributed by atoms with van der Waals surface area (Å²) in [7, 11) is -2.68. The van der Waals surface area contributed by atoms with E-state index >= 15 is 4.39 Å². The number of carbonyl (C=O) groups excluding carboxylic acids is 1. The number of nitrogens with zero attached hydrogens (tertiary/aromatic N) is 4. The monoisotopic (exact) mass is 581 g/mol. The molecule has 218 valence electrons. The maximum atomic E-state index is 15.5. The number of carbonyl (C=O) groups is 1. The second-order valence-corrected chi connectivity index (χ2v) is 11.4. The number of aliphatic hydroxyl groups is 1. The normalized spacial score (nSPS) is 25.1. The highest BCUT2D eigenvalue weighted by atomic mass is 31.2. The Kier molecular flexibility index (Phi) is 8.61. The van der Waals surface area contributed by atoms with E-state index in [1.54, 1.807) is 51.2 Å². The molecule has 3 aromatic rings. The molecule has 1 fully saturated rings. The number of imidazole rings is 1. The molecule has 14 nitrogen and oxygen atoms in total. The van der Waals surface area contributed by atoms with E-state index < -0.39 is 56.6 Å². The number of aliphatic hydroxyl groups excluding tert-OH is 1. The molecule has 2 aromatic heterocycles. The van der Waals surface area contributed by atoms with Crippen LogP contribution in [0.4, 0.5) is 16.2 Å². The number of rotatable bonds is 11. The number of aromatic nitrogens is 4. The Bertz CT molecular complexity index is 1390. The number of esters is 1. The Balaban J connectivity index is 1.57. The number of nitrogens with two attached hydrogens (primary N) is 1. The summed E-state index contributed by atoms with van der Waals surface area (Å²) in [6.45, 7) is 5.60. The van der Waals surface area contributed by atoms with Crippen LogP contribution in [0.15, 0.2) is 36.7 Å². The van der Waals surface area contributed by atoms with E-state index in [1.165, 1.54) is 24.7 Å². The average Bonchev–Trinajstić information content (AvgIpc) is 3.41. The van der Waals surface area contributed by atoms with Crippen molar-refractivity contribution in [3.63, 3.8) is 0 Å². The summed E-state index contributed by atoms with van der Waals surface area (Å²) in [5.41, 5.74) is 4.59. The van der Waals surface area contributed by atoms with Gasteiger partial charge in [-0.1, -0.05) is 18.2 Å². The molecule has 0 unspecified atom stereocenters. The highest BCUT2D eigenvalue weighted by molar-refractivity contribution is 7.52. The summed E-state index contributed by atoms with van der Waals surface area (Å²) < 4.78 is 53.0. The summed E-state index contributed by atoms with van der Waals surface area (Å²) in [5, 5.41) is 16.3. The van der Waals surface area contributed by atoms with Crippen LogP contribution >= 0.6 is 7.75 Å². The predicted octanol–water partition coefficient (Wildman–Crippen LogP) is 2.57. The number of hydrogen-bond donors (Lipinski definition) is 4. The largest absolute Gasteiger partial charge is 0.462 e. The highest BCUT2D eigenvalue weighted by Gasteiger charge is 2.55. The smallest absolute Gasteiger partial charge is 0.459 e. The third kappa shape index (κ3) is 6.18. The van der Waals surface area contributed by atoms with Crippen LogP contribution < -0.4 is 20.7 Å². The van der Waals surface area contributed by atoms with E-state index in [4.69, 9.17) is 24.3 Å². The Hall–Kier alpha value is -3.36. The van der Waals surface area contributed by atoms with Gasteiger partial charge in [0.2, 0.25) is 5.95 Å². The zero-order chi connectivity index (χ0) is 29.2. The average molecular weight is 582 g/mol. The lowest BCUT2D eigenvalue weighted by molar-refractivity contribution is -0.149. The van der Waals surface area contributed by atoms with Gasteiger partial charge in [0.1, 0.15) is 23.5 Å². The summed E-state index contributed by atoms with van der Waals surface area (Å²) in [5.74, 6) is -0.244. The molecule has 0 bridgehead atoms. The fraction of sp³-hybridized carbons (Fsp3) is 0.500. The van der Waals surface area contributed by atoms with Crippen LogP contribution in [0.2, 0.25) is 0 Å². The van der Waals surface area contributed by atoms with Crippen LogP contribution in [-0.4, -0.2) is 74.3 Å². The molecule has 5 N–H and O–H groups in total. The van der Waals surface area contributed by atoms with Gasteiger partial charge in [-0.2, -0.15) is 15.1 Å². The minimum Gasteiger partial charge on any atom is -0.462 e. The van der Waals surface area contributed by atoms with Gasteiger partial charge in [0.15, 0.2) is 29.4 Å². The van der Waals surface area contributed by atoms with Crippen molar-refractivity contribution in [1.82, 2.24) is 24.6 Å². The molecule has 3 heterocycles. The maximum Gasteiger partial charge on any atom is 0.459 e. The molecule has 40 heavy (non-hydrogen) atoms. The third-order valence-corrected chi connectivity index (χ3v) is 7.71. The molecule has 0 saturated carbocycles. The minimum atomic E-state index is -4.30. The number of alkyl halides is 1. The van der Waals surface area contributed by atoms with E-state index in [-0.39, 0.29) is 17.3 Å². The Morgan fingerprint density at radius 1 is 1.30 bits per heavy atom. The van der Waals surface area contributed by atoms with Gasteiger partial charge >= 0.3 is 13.7 Å². The van der Waals surface area contributed by atoms with Crippen molar-refractivity contribution in [3.05, 3.63) is 36.7 Å². The Labute approximate surface area is 230 Å². The van der Waals surface area contributed by atoms with Gasteiger partial charge in [0.25, 0.3) is 0 Å². The number of hydrogen-bond acceptors (Lipinski definition) is 12. The number of nitrogen functional groups attached to an aromatic ring is 1. The highest BCUT2D eigenvalue weighted by Crippen LogP contribution is 2.48. The predicted molar refractivity (Wildman–Crippen MR) is 143 cm³/mol.